The molecule has 0 saturated carbocycles. The van der Waals surface area contributed by atoms with E-state index in [1.807, 2.05) is 44.1 Å². The highest BCUT2D eigenvalue weighted by Gasteiger charge is 2.11. The lowest BCUT2D eigenvalue weighted by molar-refractivity contribution is -0.118. The molecule has 35 heavy (non-hydrogen) atoms. The van der Waals surface area contributed by atoms with Gasteiger partial charge in [0, 0.05) is 48.9 Å². The van der Waals surface area contributed by atoms with Crippen molar-refractivity contribution in [3.8, 4) is 5.75 Å². The number of hydrogen-bond acceptors (Lipinski definition) is 6. The molecule has 0 aliphatic rings. The second-order valence-corrected chi connectivity index (χ2v) is 8.20. The zero-order valence-corrected chi connectivity index (χ0v) is 19.6. The Morgan fingerprint density at radius 3 is 2.46 bits per heavy atom. The Balaban J connectivity index is 1.38. The van der Waals surface area contributed by atoms with E-state index < -0.39 is 0 Å². The third-order valence-electron chi connectivity index (χ3n) is 5.42. The number of nitrogens with zero attached hydrogens (tertiary/aromatic N) is 1. The van der Waals surface area contributed by atoms with Gasteiger partial charge in [0.05, 0.1) is 11.6 Å². The fraction of sp³-hybridized carbons (Fsp3) is 0.148. The Morgan fingerprint density at radius 1 is 0.943 bits per heavy atom. The number of hydrogen-bond donors (Lipinski definition) is 2. The molecule has 0 unspecified atom stereocenters. The molecule has 3 aromatic carbocycles. The van der Waals surface area contributed by atoms with Gasteiger partial charge in [0.1, 0.15) is 11.3 Å². The first-order valence-corrected chi connectivity index (χ1v) is 10.9. The minimum atomic E-state index is -0.375. The van der Waals surface area contributed by atoms with Crippen LogP contribution in [0.3, 0.4) is 0 Å². The van der Waals surface area contributed by atoms with E-state index in [-0.39, 0.29) is 23.9 Å². The van der Waals surface area contributed by atoms with Gasteiger partial charge in [-0.2, -0.15) is 0 Å². The molecular weight excluding hydrogens is 446 g/mol. The molecule has 0 aliphatic heterocycles. The quantitative estimate of drug-likeness (QED) is 0.413. The number of ether oxygens (including phenoxy) is 1. The lowest BCUT2D eigenvalue weighted by Gasteiger charge is -2.14. The van der Waals surface area contributed by atoms with Crippen LogP contribution in [-0.4, -0.2) is 32.5 Å². The second kappa shape index (κ2) is 10.1. The molecule has 1 aromatic heterocycles. The molecule has 2 N–H and O–H groups in total. The molecule has 0 aliphatic carbocycles. The lowest BCUT2D eigenvalue weighted by Crippen LogP contribution is -2.20. The molecule has 0 atom stereocenters. The van der Waals surface area contributed by atoms with Gasteiger partial charge >= 0.3 is 0 Å². The van der Waals surface area contributed by atoms with Crippen LogP contribution in [0, 0.1) is 6.92 Å². The summed E-state index contributed by atoms with van der Waals surface area (Å²) in [5.74, 6) is -0.215. The summed E-state index contributed by atoms with van der Waals surface area (Å²) >= 11 is 0. The van der Waals surface area contributed by atoms with Crippen LogP contribution in [0.15, 0.2) is 82.2 Å². The molecule has 178 valence electrons. The number of fused-ring (bicyclic) bond motifs is 1. The van der Waals surface area contributed by atoms with Gasteiger partial charge in [-0.1, -0.05) is 6.07 Å². The van der Waals surface area contributed by atoms with Gasteiger partial charge in [0.15, 0.2) is 12.0 Å². The Morgan fingerprint density at radius 2 is 1.71 bits per heavy atom. The molecule has 0 spiro atoms. The van der Waals surface area contributed by atoms with E-state index in [4.69, 9.17) is 9.15 Å². The van der Waals surface area contributed by atoms with Gasteiger partial charge < -0.3 is 24.7 Å². The molecular formula is C27H25N3O5. The van der Waals surface area contributed by atoms with Crippen molar-refractivity contribution < 1.29 is 18.7 Å². The first kappa shape index (κ1) is 23.6. The average molecular weight is 472 g/mol. The SMILES string of the molecule is Cc1ccc(NC(=O)COc2ccc3c(=O)ccoc3c2)cc1NC(=O)c1ccc(N(C)C)cc1. The van der Waals surface area contributed by atoms with Crippen molar-refractivity contribution in [2.45, 2.75) is 6.92 Å². The molecule has 4 aromatic rings. The minimum absolute atomic E-state index is 0.150. The van der Waals surface area contributed by atoms with Crippen molar-refractivity contribution >= 4 is 39.8 Å². The molecule has 0 fully saturated rings. The summed E-state index contributed by atoms with van der Waals surface area (Å²) in [6.07, 6.45) is 1.31. The molecule has 0 saturated heterocycles. The Bertz CT molecular complexity index is 1440. The van der Waals surface area contributed by atoms with E-state index in [2.05, 4.69) is 10.6 Å². The van der Waals surface area contributed by atoms with Crippen molar-refractivity contribution in [2.24, 2.45) is 0 Å². The summed E-state index contributed by atoms with van der Waals surface area (Å²) in [5, 5.41) is 6.10. The topological polar surface area (TPSA) is 101 Å². The smallest absolute Gasteiger partial charge is 0.262 e. The molecule has 1 heterocycles. The number of benzene rings is 3. The highest BCUT2D eigenvalue weighted by atomic mass is 16.5. The standard InChI is InChI=1S/C27H25N3O5/c1-17-4-7-19(14-23(17)29-27(33)18-5-8-20(9-6-18)30(2)3)28-26(32)16-35-21-10-11-22-24(31)12-13-34-25(22)15-21/h4-15H,16H2,1-3H3,(H,28,32)(H,29,33). The second-order valence-electron chi connectivity index (χ2n) is 8.20. The number of amides is 2. The van der Waals surface area contributed by atoms with Gasteiger partial charge in [-0.25, -0.2) is 0 Å². The van der Waals surface area contributed by atoms with Crippen LogP contribution >= 0.6 is 0 Å². The number of carbonyl (C=O) groups excluding carboxylic acids is 2. The van der Waals surface area contributed by atoms with E-state index in [0.717, 1.165) is 11.3 Å². The molecule has 2 amide bonds. The molecule has 4 rings (SSSR count). The normalized spacial score (nSPS) is 10.6. The maximum Gasteiger partial charge on any atom is 0.262 e. The van der Waals surface area contributed by atoms with E-state index >= 15 is 0 Å². The van der Waals surface area contributed by atoms with Crippen LogP contribution in [0.2, 0.25) is 0 Å². The van der Waals surface area contributed by atoms with Crippen LogP contribution in [0.1, 0.15) is 15.9 Å². The largest absolute Gasteiger partial charge is 0.484 e. The number of nitrogens with one attached hydrogen (secondary N) is 2. The van der Waals surface area contributed by atoms with Crippen LogP contribution in [0.25, 0.3) is 11.0 Å². The Hall–Kier alpha value is -4.59. The predicted octanol–water partition coefficient (Wildman–Crippen LogP) is 4.44. The van der Waals surface area contributed by atoms with Gasteiger partial charge in [-0.3, -0.25) is 14.4 Å². The zero-order chi connectivity index (χ0) is 24.9. The fourth-order valence-electron chi connectivity index (χ4n) is 3.44. The maximum atomic E-state index is 12.7. The van der Waals surface area contributed by atoms with Crippen molar-refractivity contribution in [2.75, 3.05) is 36.2 Å². The Labute approximate surface area is 202 Å². The van der Waals surface area contributed by atoms with E-state index in [0.29, 0.717) is 33.7 Å². The number of anilines is 3. The zero-order valence-electron chi connectivity index (χ0n) is 19.6. The van der Waals surface area contributed by atoms with Gasteiger partial charge in [0.2, 0.25) is 0 Å². The number of carbonyl (C=O) groups is 2. The molecule has 0 radical (unpaired) electrons. The summed E-state index contributed by atoms with van der Waals surface area (Å²) in [6.45, 7) is 1.63. The van der Waals surface area contributed by atoms with E-state index in [1.54, 1.807) is 42.5 Å². The summed E-state index contributed by atoms with van der Waals surface area (Å²) in [6, 6.07) is 18.7. The van der Waals surface area contributed by atoms with E-state index in [9.17, 15) is 14.4 Å². The fourth-order valence-corrected chi connectivity index (χ4v) is 3.44. The van der Waals surface area contributed by atoms with Gasteiger partial charge in [-0.05, 0) is 61.0 Å². The first-order chi connectivity index (χ1) is 16.8. The van der Waals surface area contributed by atoms with Gasteiger partial charge in [0.25, 0.3) is 11.8 Å². The third-order valence-corrected chi connectivity index (χ3v) is 5.42. The van der Waals surface area contributed by atoms with Crippen LogP contribution in [0.5, 0.6) is 5.75 Å². The predicted molar refractivity (Wildman–Crippen MR) is 137 cm³/mol. The van der Waals surface area contributed by atoms with Gasteiger partial charge in [-0.15, -0.1) is 0 Å². The van der Waals surface area contributed by atoms with Crippen molar-refractivity contribution in [1.29, 1.82) is 0 Å². The highest BCUT2D eigenvalue weighted by Crippen LogP contribution is 2.22. The van der Waals surface area contributed by atoms with Crippen molar-refractivity contribution in [3.63, 3.8) is 0 Å². The summed E-state index contributed by atoms with van der Waals surface area (Å²) < 4.78 is 10.9. The molecule has 0 bridgehead atoms. The molecule has 8 nitrogen and oxygen atoms in total. The number of aryl methyl sites for hydroxylation is 1. The average Bonchev–Trinajstić information content (AvgIpc) is 2.85. The molecule has 8 heteroatoms. The summed E-state index contributed by atoms with van der Waals surface area (Å²) in [4.78, 5) is 38.9. The van der Waals surface area contributed by atoms with Crippen LogP contribution in [-0.2, 0) is 4.79 Å². The number of rotatable bonds is 7. The Kier molecular flexibility index (Phi) is 6.82. The third kappa shape index (κ3) is 5.67. The maximum absolute atomic E-state index is 12.7. The van der Waals surface area contributed by atoms with Crippen LogP contribution in [0.4, 0.5) is 17.1 Å². The summed E-state index contributed by atoms with van der Waals surface area (Å²) in [7, 11) is 3.87. The van der Waals surface area contributed by atoms with Crippen molar-refractivity contribution in [3.05, 3.63) is 94.3 Å². The lowest BCUT2D eigenvalue weighted by atomic mass is 10.1. The minimum Gasteiger partial charge on any atom is -0.484 e. The highest BCUT2D eigenvalue weighted by molar-refractivity contribution is 6.05. The summed E-state index contributed by atoms with van der Waals surface area (Å²) in [5.41, 5.74) is 3.73. The van der Waals surface area contributed by atoms with Crippen molar-refractivity contribution in [1.82, 2.24) is 0 Å². The first-order valence-electron chi connectivity index (χ1n) is 10.9. The van der Waals surface area contributed by atoms with Crippen LogP contribution < -0.4 is 25.7 Å². The monoisotopic (exact) mass is 471 g/mol. The van der Waals surface area contributed by atoms with E-state index in [1.165, 1.54) is 12.3 Å².